The highest BCUT2D eigenvalue weighted by Gasteiger charge is 2.30. The van der Waals surface area contributed by atoms with Gasteiger partial charge in [0.25, 0.3) is 0 Å². The largest absolute Gasteiger partial charge is 0.311 e. The summed E-state index contributed by atoms with van der Waals surface area (Å²) < 4.78 is 0.812. The van der Waals surface area contributed by atoms with Gasteiger partial charge in [-0.1, -0.05) is 27.5 Å². The first-order chi connectivity index (χ1) is 7.09. The van der Waals surface area contributed by atoms with Gasteiger partial charge >= 0.3 is 0 Å². The highest BCUT2D eigenvalue weighted by molar-refractivity contribution is 9.10. The Labute approximate surface area is 110 Å². The maximum absolute atomic E-state index is 11.7. The number of carbonyl (C=O) groups is 1. The summed E-state index contributed by atoms with van der Waals surface area (Å²) in [6, 6.07) is 5.51. The van der Waals surface area contributed by atoms with Gasteiger partial charge in [0, 0.05) is 16.7 Å². The Morgan fingerprint density at radius 2 is 2.20 bits per heavy atom. The van der Waals surface area contributed by atoms with E-state index in [0.717, 1.165) is 23.1 Å². The quantitative estimate of drug-likeness (QED) is 0.707. The second-order valence-electron chi connectivity index (χ2n) is 3.34. The summed E-state index contributed by atoms with van der Waals surface area (Å²) in [5.41, 5.74) is 0.887. The van der Waals surface area contributed by atoms with Gasteiger partial charge in [-0.2, -0.15) is 0 Å². The van der Waals surface area contributed by atoms with Crippen LogP contribution in [0.25, 0.3) is 0 Å². The van der Waals surface area contributed by atoms with Crippen LogP contribution in [0.4, 0.5) is 5.69 Å². The van der Waals surface area contributed by atoms with E-state index in [1.54, 1.807) is 11.0 Å². The molecule has 0 saturated carbocycles. The summed E-state index contributed by atoms with van der Waals surface area (Å²) in [6.07, 6.45) is 0.846. The minimum Gasteiger partial charge on any atom is -0.311 e. The van der Waals surface area contributed by atoms with E-state index in [4.69, 9.17) is 11.6 Å². The molecule has 0 N–H and O–H groups in total. The number of anilines is 1. The van der Waals surface area contributed by atoms with Gasteiger partial charge in [-0.05, 0) is 40.5 Å². The Kier molecular flexibility index (Phi) is 3.38. The Hall–Kier alpha value is -0.0600. The summed E-state index contributed by atoms with van der Waals surface area (Å²) in [7, 11) is 0. The monoisotopic (exact) mass is 351 g/mol. The second-order valence-corrected chi connectivity index (χ2v) is 5.71. The molecule has 1 aliphatic rings. The van der Waals surface area contributed by atoms with Gasteiger partial charge in [0.05, 0.1) is 9.85 Å². The number of benzene rings is 1. The predicted molar refractivity (Wildman–Crippen MR) is 68.8 cm³/mol. The number of halogens is 3. The average Bonchev–Trinajstić information content (AvgIpc) is 2.53. The van der Waals surface area contributed by atoms with Crippen LogP contribution in [0.1, 0.15) is 6.42 Å². The van der Waals surface area contributed by atoms with Crippen LogP contribution in [0, 0.1) is 0 Å². The summed E-state index contributed by atoms with van der Waals surface area (Å²) in [5, 5.41) is 0.654. The SMILES string of the molecule is O=C1C(Br)CCN1c1ccc(Cl)c(Br)c1. The van der Waals surface area contributed by atoms with E-state index in [-0.39, 0.29) is 10.7 Å². The Balaban J connectivity index is 2.31. The van der Waals surface area contributed by atoms with Crippen LogP contribution in [0.5, 0.6) is 0 Å². The molecule has 0 aliphatic carbocycles. The lowest BCUT2D eigenvalue weighted by atomic mass is 10.3. The van der Waals surface area contributed by atoms with Crippen LogP contribution in [0.2, 0.25) is 5.02 Å². The van der Waals surface area contributed by atoms with Gasteiger partial charge in [-0.3, -0.25) is 4.79 Å². The molecule has 0 bridgehead atoms. The summed E-state index contributed by atoms with van der Waals surface area (Å²) in [6.45, 7) is 0.753. The number of amides is 1. The zero-order valence-corrected chi connectivity index (χ0v) is 11.6. The summed E-state index contributed by atoms with van der Waals surface area (Å²) in [5.74, 6) is 0.115. The van der Waals surface area contributed by atoms with E-state index >= 15 is 0 Å². The third-order valence-electron chi connectivity index (χ3n) is 2.35. The molecule has 1 aromatic carbocycles. The number of nitrogens with zero attached hydrogens (tertiary/aromatic N) is 1. The fourth-order valence-corrected chi connectivity index (χ4v) is 2.49. The molecule has 0 spiro atoms. The predicted octanol–water partition coefficient (Wildman–Crippen LogP) is 3.60. The van der Waals surface area contributed by atoms with Gasteiger partial charge in [-0.15, -0.1) is 0 Å². The van der Waals surface area contributed by atoms with Crippen LogP contribution in [0.3, 0.4) is 0 Å². The van der Waals surface area contributed by atoms with Crippen LogP contribution < -0.4 is 4.90 Å². The lowest BCUT2D eigenvalue weighted by molar-refractivity contribution is -0.116. The Bertz CT molecular complexity index is 410. The molecule has 1 aliphatic heterocycles. The van der Waals surface area contributed by atoms with Crippen LogP contribution >= 0.6 is 43.5 Å². The second kappa shape index (κ2) is 4.44. The maximum atomic E-state index is 11.7. The fourth-order valence-electron chi connectivity index (χ4n) is 1.55. The molecule has 1 atom stereocenters. The van der Waals surface area contributed by atoms with Crippen LogP contribution in [-0.2, 0) is 4.79 Å². The normalized spacial score (nSPS) is 21.1. The fraction of sp³-hybridized carbons (Fsp3) is 0.300. The van der Waals surface area contributed by atoms with Crippen molar-refractivity contribution in [3.05, 3.63) is 27.7 Å². The van der Waals surface area contributed by atoms with Gasteiger partial charge in [0.2, 0.25) is 5.91 Å². The number of hydrogen-bond acceptors (Lipinski definition) is 1. The topological polar surface area (TPSA) is 20.3 Å². The summed E-state index contributed by atoms with van der Waals surface area (Å²) in [4.78, 5) is 13.4. The lowest BCUT2D eigenvalue weighted by Gasteiger charge is -2.16. The first-order valence-electron chi connectivity index (χ1n) is 4.50. The van der Waals surface area contributed by atoms with E-state index < -0.39 is 0 Å². The van der Waals surface area contributed by atoms with E-state index in [2.05, 4.69) is 31.9 Å². The van der Waals surface area contributed by atoms with Gasteiger partial charge < -0.3 is 4.90 Å². The molecule has 1 heterocycles. The average molecular weight is 353 g/mol. The van der Waals surface area contributed by atoms with Crippen molar-refractivity contribution in [1.82, 2.24) is 0 Å². The third-order valence-corrected chi connectivity index (χ3v) is 4.42. The van der Waals surface area contributed by atoms with Crippen LogP contribution in [-0.4, -0.2) is 17.3 Å². The first kappa shape index (κ1) is 11.4. The van der Waals surface area contributed by atoms with Crippen molar-refractivity contribution in [2.75, 3.05) is 11.4 Å². The smallest absolute Gasteiger partial charge is 0.240 e. The van der Waals surface area contributed by atoms with Gasteiger partial charge in [0.15, 0.2) is 0 Å². The molecular weight excluding hydrogens is 345 g/mol. The van der Waals surface area contributed by atoms with Crippen LogP contribution in [0.15, 0.2) is 22.7 Å². The number of alkyl halides is 1. The van der Waals surface area contributed by atoms with E-state index in [0.29, 0.717) is 5.02 Å². The van der Waals surface area contributed by atoms with Crippen molar-refractivity contribution < 1.29 is 4.79 Å². The molecule has 1 fully saturated rings. The van der Waals surface area contributed by atoms with Gasteiger partial charge in [0.1, 0.15) is 0 Å². The first-order valence-corrected chi connectivity index (χ1v) is 6.59. The molecule has 2 nitrogen and oxygen atoms in total. The molecule has 15 heavy (non-hydrogen) atoms. The number of hydrogen-bond donors (Lipinski definition) is 0. The molecule has 0 aromatic heterocycles. The van der Waals surface area contributed by atoms with E-state index in [9.17, 15) is 4.79 Å². The number of rotatable bonds is 1. The standard InChI is InChI=1S/C10H8Br2ClNO/c11-7-3-4-14(10(7)15)6-1-2-9(13)8(12)5-6/h1-2,5,7H,3-4H2. The van der Waals surface area contributed by atoms with Gasteiger partial charge in [-0.25, -0.2) is 0 Å². The molecule has 1 aromatic rings. The molecular formula is C10H8Br2ClNO. The minimum absolute atomic E-state index is 0.0491. The zero-order chi connectivity index (χ0) is 11.0. The molecule has 80 valence electrons. The highest BCUT2D eigenvalue weighted by atomic mass is 79.9. The third kappa shape index (κ3) is 2.22. The zero-order valence-electron chi connectivity index (χ0n) is 7.71. The van der Waals surface area contributed by atoms with Crippen molar-refractivity contribution in [2.24, 2.45) is 0 Å². The summed E-state index contributed by atoms with van der Waals surface area (Å²) >= 11 is 12.6. The van der Waals surface area contributed by atoms with E-state index in [1.807, 2.05) is 12.1 Å². The lowest BCUT2D eigenvalue weighted by Crippen LogP contribution is -2.26. The number of carbonyl (C=O) groups excluding carboxylic acids is 1. The Morgan fingerprint density at radius 3 is 2.73 bits per heavy atom. The molecule has 1 unspecified atom stereocenters. The molecule has 1 amide bonds. The van der Waals surface area contributed by atoms with E-state index in [1.165, 1.54) is 0 Å². The van der Waals surface area contributed by atoms with Crippen molar-refractivity contribution in [3.63, 3.8) is 0 Å². The minimum atomic E-state index is -0.0491. The van der Waals surface area contributed by atoms with Crippen molar-refractivity contribution in [3.8, 4) is 0 Å². The molecule has 5 heteroatoms. The highest BCUT2D eigenvalue weighted by Crippen LogP contribution is 2.31. The van der Waals surface area contributed by atoms with Crippen molar-refractivity contribution in [2.45, 2.75) is 11.2 Å². The molecule has 0 radical (unpaired) electrons. The van der Waals surface area contributed by atoms with Crippen molar-refractivity contribution in [1.29, 1.82) is 0 Å². The molecule has 2 rings (SSSR count). The molecule has 1 saturated heterocycles. The van der Waals surface area contributed by atoms with Crippen molar-refractivity contribution >= 4 is 55.1 Å². The maximum Gasteiger partial charge on any atom is 0.240 e. The Morgan fingerprint density at radius 1 is 1.47 bits per heavy atom.